The second-order valence-electron chi connectivity index (χ2n) is 6.50. The third-order valence-corrected chi connectivity index (χ3v) is 4.45. The Morgan fingerprint density at radius 2 is 2.26 bits per heavy atom. The second kappa shape index (κ2) is 10.1. The van der Waals surface area contributed by atoms with Crippen molar-refractivity contribution in [1.82, 2.24) is 4.90 Å². The van der Waals surface area contributed by atoms with E-state index >= 15 is 0 Å². The molecule has 1 aliphatic rings. The number of likely N-dealkylation sites (tertiary alicyclic amines) is 1. The van der Waals surface area contributed by atoms with Gasteiger partial charge in [0.2, 0.25) is 0 Å². The fourth-order valence-electron chi connectivity index (χ4n) is 3.03. The first kappa shape index (κ1) is 20.2. The Labute approximate surface area is 157 Å². The van der Waals surface area contributed by atoms with Crippen LogP contribution in [0.4, 0.5) is 5.69 Å². The average molecular weight is 430 g/mol. The monoisotopic (exact) mass is 430 g/mol. The molecule has 1 heterocycles. The molecule has 1 aromatic carbocycles. The number of hydrogen-bond donors (Lipinski definition) is 2. The van der Waals surface area contributed by atoms with Crippen LogP contribution in [0.3, 0.4) is 0 Å². The molecule has 130 valence electrons. The summed E-state index contributed by atoms with van der Waals surface area (Å²) >= 11 is 0. The van der Waals surface area contributed by atoms with E-state index in [0.29, 0.717) is 12.0 Å². The lowest BCUT2D eigenvalue weighted by atomic mass is 9.99. The molecule has 2 rings (SSSR count). The Morgan fingerprint density at radius 1 is 1.48 bits per heavy atom. The number of hydrogen-bond acceptors (Lipinski definition) is 2. The van der Waals surface area contributed by atoms with E-state index in [9.17, 15) is 0 Å². The number of aliphatic imine (C=N–C) groups is 1. The molecule has 0 bridgehead atoms. The standard InChI is InChI=1S/C18H30N4.HI/c1-4-16-8-5-9-17(11-16)21-18(19)20-12-15(3)22-10-6-7-14(2)13-22;/h5,8-9,11,14-15H,4,6-7,10,12-13H2,1-3H3,(H3,19,20,21);1H. The largest absolute Gasteiger partial charge is 0.370 e. The minimum Gasteiger partial charge on any atom is -0.370 e. The number of anilines is 1. The van der Waals surface area contributed by atoms with Crippen molar-refractivity contribution >= 4 is 35.6 Å². The Kier molecular flexibility index (Phi) is 8.91. The van der Waals surface area contributed by atoms with Crippen LogP contribution in [-0.2, 0) is 6.42 Å². The van der Waals surface area contributed by atoms with E-state index in [-0.39, 0.29) is 24.0 Å². The molecule has 0 aliphatic carbocycles. The molecular formula is C18H31IN4. The zero-order chi connectivity index (χ0) is 15.9. The summed E-state index contributed by atoms with van der Waals surface area (Å²) in [6.45, 7) is 9.84. The molecule has 4 nitrogen and oxygen atoms in total. The van der Waals surface area contributed by atoms with Gasteiger partial charge in [0.15, 0.2) is 5.96 Å². The molecule has 1 fully saturated rings. The van der Waals surface area contributed by atoms with Crippen molar-refractivity contribution in [3.8, 4) is 0 Å². The van der Waals surface area contributed by atoms with Gasteiger partial charge in [-0.15, -0.1) is 24.0 Å². The lowest BCUT2D eigenvalue weighted by Crippen LogP contribution is -2.42. The smallest absolute Gasteiger partial charge is 0.193 e. The Hall–Kier alpha value is -0.820. The highest BCUT2D eigenvalue weighted by Crippen LogP contribution is 2.17. The summed E-state index contributed by atoms with van der Waals surface area (Å²) in [5, 5.41) is 3.19. The van der Waals surface area contributed by atoms with E-state index in [1.807, 2.05) is 12.1 Å². The maximum Gasteiger partial charge on any atom is 0.193 e. The molecule has 0 saturated carbocycles. The first-order chi connectivity index (χ1) is 10.6. The number of benzene rings is 1. The Balaban J connectivity index is 0.00000264. The number of nitrogens with zero attached hydrogens (tertiary/aromatic N) is 2. The van der Waals surface area contributed by atoms with Gasteiger partial charge < -0.3 is 11.1 Å². The molecule has 0 aromatic heterocycles. The Morgan fingerprint density at radius 3 is 2.96 bits per heavy atom. The van der Waals surface area contributed by atoms with Crippen LogP contribution in [-0.4, -0.2) is 36.5 Å². The topological polar surface area (TPSA) is 53.6 Å². The van der Waals surface area contributed by atoms with Crippen LogP contribution < -0.4 is 11.1 Å². The fourth-order valence-corrected chi connectivity index (χ4v) is 3.03. The van der Waals surface area contributed by atoms with Crippen molar-refractivity contribution in [1.29, 1.82) is 0 Å². The van der Waals surface area contributed by atoms with Crippen molar-refractivity contribution in [2.75, 3.05) is 25.0 Å². The van der Waals surface area contributed by atoms with Gasteiger partial charge in [-0.2, -0.15) is 0 Å². The van der Waals surface area contributed by atoms with Crippen molar-refractivity contribution in [3.63, 3.8) is 0 Å². The quantitative estimate of drug-likeness (QED) is 0.426. The number of nitrogens with one attached hydrogen (secondary N) is 1. The molecular weight excluding hydrogens is 399 g/mol. The summed E-state index contributed by atoms with van der Waals surface area (Å²) in [6.07, 6.45) is 3.67. The first-order valence-corrected chi connectivity index (χ1v) is 8.48. The van der Waals surface area contributed by atoms with Gasteiger partial charge in [-0.25, -0.2) is 0 Å². The van der Waals surface area contributed by atoms with Gasteiger partial charge in [-0.05, 0) is 56.3 Å². The molecule has 3 N–H and O–H groups in total. The third kappa shape index (κ3) is 6.67. The van der Waals surface area contributed by atoms with E-state index in [1.165, 1.54) is 31.5 Å². The normalized spacial score (nSPS) is 20.7. The van der Waals surface area contributed by atoms with Crippen LogP contribution in [0.5, 0.6) is 0 Å². The van der Waals surface area contributed by atoms with Crippen LogP contribution in [0.15, 0.2) is 29.3 Å². The number of aryl methyl sites for hydroxylation is 1. The maximum absolute atomic E-state index is 6.02. The predicted molar refractivity (Wildman–Crippen MR) is 111 cm³/mol. The van der Waals surface area contributed by atoms with Crippen LogP contribution in [0.25, 0.3) is 0 Å². The number of halogens is 1. The van der Waals surface area contributed by atoms with Gasteiger partial charge in [0.25, 0.3) is 0 Å². The maximum atomic E-state index is 6.02. The van der Waals surface area contributed by atoms with Crippen LogP contribution in [0.2, 0.25) is 0 Å². The number of guanidine groups is 1. The van der Waals surface area contributed by atoms with E-state index < -0.39 is 0 Å². The van der Waals surface area contributed by atoms with Gasteiger partial charge in [0, 0.05) is 18.3 Å². The molecule has 0 radical (unpaired) electrons. The summed E-state index contributed by atoms with van der Waals surface area (Å²) in [7, 11) is 0. The van der Waals surface area contributed by atoms with E-state index in [1.54, 1.807) is 0 Å². The van der Waals surface area contributed by atoms with Crippen LogP contribution in [0, 0.1) is 5.92 Å². The molecule has 1 saturated heterocycles. The van der Waals surface area contributed by atoms with Crippen molar-refractivity contribution in [2.24, 2.45) is 16.6 Å². The fraction of sp³-hybridized carbons (Fsp3) is 0.611. The van der Waals surface area contributed by atoms with Gasteiger partial charge in [-0.3, -0.25) is 9.89 Å². The molecule has 2 unspecified atom stereocenters. The van der Waals surface area contributed by atoms with E-state index in [2.05, 4.69) is 48.1 Å². The summed E-state index contributed by atoms with van der Waals surface area (Å²) in [5.74, 6) is 1.30. The van der Waals surface area contributed by atoms with Gasteiger partial charge in [0.05, 0.1) is 6.54 Å². The predicted octanol–water partition coefficient (Wildman–Crippen LogP) is 3.71. The lowest BCUT2D eigenvalue weighted by molar-refractivity contribution is 0.142. The lowest BCUT2D eigenvalue weighted by Gasteiger charge is -2.34. The summed E-state index contributed by atoms with van der Waals surface area (Å²) in [6, 6.07) is 8.77. The summed E-state index contributed by atoms with van der Waals surface area (Å²) < 4.78 is 0. The van der Waals surface area contributed by atoms with E-state index in [4.69, 9.17) is 5.73 Å². The molecule has 0 spiro atoms. The second-order valence-corrected chi connectivity index (χ2v) is 6.50. The zero-order valence-corrected chi connectivity index (χ0v) is 16.9. The highest BCUT2D eigenvalue weighted by atomic mass is 127. The highest BCUT2D eigenvalue weighted by molar-refractivity contribution is 14.0. The first-order valence-electron chi connectivity index (χ1n) is 8.48. The molecule has 0 amide bonds. The Bertz CT molecular complexity index is 504. The molecule has 1 aliphatic heterocycles. The van der Waals surface area contributed by atoms with Gasteiger partial charge in [0.1, 0.15) is 0 Å². The van der Waals surface area contributed by atoms with Gasteiger partial charge in [-0.1, -0.05) is 26.0 Å². The molecule has 1 aromatic rings. The SMILES string of the molecule is CCc1cccc(NC(N)=NCC(C)N2CCCC(C)C2)c1.I. The van der Waals surface area contributed by atoms with Crippen LogP contribution >= 0.6 is 24.0 Å². The molecule has 5 heteroatoms. The van der Waals surface area contributed by atoms with Crippen molar-refractivity contribution in [2.45, 2.75) is 46.1 Å². The summed E-state index contributed by atoms with van der Waals surface area (Å²) in [4.78, 5) is 7.05. The van der Waals surface area contributed by atoms with Crippen molar-refractivity contribution < 1.29 is 0 Å². The number of nitrogens with two attached hydrogens (primary N) is 1. The summed E-state index contributed by atoms with van der Waals surface area (Å²) in [5.41, 5.74) is 8.34. The molecule has 2 atom stereocenters. The highest BCUT2D eigenvalue weighted by Gasteiger charge is 2.20. The minimum atomic E-state index is 0. The average Bonchev–Trinajstić information content (AvgIpc) is 2.52. The molecule has 23 heavy (non-hydrogen) atoms. The third-order valence-electron chi connectivity index (χ3n) is 4.45. The van der Waals surface area contributed by atoms with Crippen molar-refractivity contribution in [3.05, 3.63) is 29.8 Å². The van der Waals surface area contributed by atoms with E-state index in [0.717, 1.165) is 24.6 Å². The number of rotatable bonds is 5. The number of piperidine rings is 1. The van der Waals surface area contributed by atoms with Crippen LogP contribution in [0.1, 0.15) is 39.2 Å². The van der Waals surface area contributed by atoms with Gasteiger partial charge >= 0.3 is 0 Å². The zero-order valence-electron chi connectivity index (χ0n) is 14.6. The minimum absolute atomic E-state index is 0.